The van der Waals surface area contributed by atoms with Gasteiger partial charge in [0.05, 0.1) is 10.0 Å². The molecular weight excluding hydrogens is 359 g/mol. The summed E-state index contributed by atoms with van der Waals surface area (Å²) >= 11 is 11.9. The van der Waals surface area contributed by atoms with Crippen LogP contribution in [0.5, 0.6) is 0 Å². The van der Waals surface area contributed by atoms with E-state index in [9.17, 15) is 9.59 Å². The van der Waals surface area contributed by atoms with Crippen LogP contribution in [0.2, 0.25) is 10.0 Å². The first kappa shape index (κ1) is 17.5. The van der Waals surface area contributed by atoms with Crippen molar-refractivity contribution < 1.29 is 4.79 Å². The Bertz CT molecular complexity index is 983. The third-order valence-electron chi connectivity index (χ3n) is 3.91. The molecule has 0 fully saturated rings. The molecule has 0 spiro atoms. The van der Waals surface area contributed by atoms with E-state index in [-0.39, 0.29) is 17.0 Å². The number of aromatic nitrogens is 1. The van der Waals surface area contributed by atoms with Crippen molar-refractivity contribution in [1.29, 1.82) is 0 Å². The Labute approximate surface area is 154 Å². The molecule has 1 heterocycles. The molecular formula is C19H16Cl2N2O2. The molecule has 0 atom stereocenters. The van der Waals surface area contributed by atoms with Crippen LogP contribution in [0.25, 0.3) is 10.9 Å². The molecule has 1 aromatic heterocycles. The molecule has 0 aliphatic carbocycles. The van der Waals surface area contributed by atoms with Crippen molar-refractivity contribution in [3.05, 3.63) is 80.1 Å². The van der Waals surface area contributed by atoms with E-state index in [1.807, 2.05) is 30.3 Å². The molecule has 0 saturated carbocycles. The number of carbonyl (C=O) groups is 1. The molecule has 0 aliphatic heterocycles. The van der Waals surface area contributed by atoms with Gasteiger partial charge in [-0.2, -0.15) is 0 Å². The third kappa shape index (κ3) is 4.21. The standard InChI is InChI=1S/C19H16Cl2N2O2/c20-15-8-7-12(10-16(15)21)4-3-9-22-18(24)14-11-13-5-1-2-6-17(13)23-19(14)25/h1-2,5-8,10-11H,3-4,9H2,(H,22,24)(H,23,25). The van der Waals surface area contributed by atoms with Crippen LogP contribution in [-0.2, 0) is 6.42 Å². The number of pyridine rings is 1. The molecule has 0 unspecified atom stereocenters. The lowest BCUT2D eigenvalue weighted by Gasteiger charge is -2.07. The van der Waals surface area contributed by atoms with E-state index in [4.69, 9.17) is 23.2 Å². The van der Waals surface area contributed by atoms with E-state index < -0.39 is 0 Å². The van der Waals surface area contributed by atoms with Crippen LogP contribution in [0.1, 0.15) is 22.3 Å². The molecule has 3 aromatic rings. The van der Waals surface area contributed by atoms with Gasteiger partial charge in [0, 0.05) is 12.1 Å². The van der Waals surface area contributed by atoms with Gasteiger partial charge in [-0.3, -0.25) is 9.59 Å². The van der Waals surface area contributed by atoms with Gasteiger partial charge < -0.3 is 10.3 Å². The van der Waals surface area contributed by atoms with E-state index >= 15 is 0 Å². The molecule has 2 aromatic carbocycles. The number of fused-ring (bicyclic) bond motifs is 1. The van der Waals surface area contributed by atoms with Crippen molar-refractivity contribution in [2.24, 2.45) is 0 Å². The first-order valence-electron chi connectivity index (χ1n) is 7.89. The van der Waals surface area contributed by atoms with Crippen molar-refractivity contribution >= 4 is 40.0 Å². The molecule has 0 bridgehead atoms. The second-order valence-electron chi connectivity index (χ2n) is 5.71. The predicted octanol–water partition coefficient (Wildman–Crippen LogP) is 4.20. The first-order chi connectivity index (χ1) is 12.0. The quantitative estimate of drug-likeness (QED) is 0.657. The summed E-state index contributed by atoms with van der Waals surface area (Å²) in [6.07, 6.45) is 1.49. The number of hydrogen-bond acceptors (Lipinski definition) is 2. The van der Waals surface area contributed by atoms with E-state index in [0.29, 0.717) is 22.1 Å². The molecule has 0 radical (unpaired) electrons. The fourth-order valence-electron chi connectivity index (χ4n) is 2.60. The maximum Gasteiger partial charge on any atom is 0.261 e. The summed E-state index contributed by atoms with van der Waals surface area (Å²) in [5, 5.41) is 4.65. The number of nitrogens with one attached hydrogen (secondary N) is 2. The van der Waals surface area contributed by atoms with Gasteiger partial charge in [-0.05, 0) is 48.1 Å². The Morgan fingerprint density at radius 2 is 1.84 bits per heavy atom. The summed E-state index contributed by atoms with van der Waals surface area (Å²) in [5.41, 5.74) is 1.49. The number of hydrogen-bond donors (Lipinski definition) is 2. The molecule has 2 N–H and O–H groups in total. The molecule has 1 amide bonds. The average molecular weight is 375 g/mol. The van der Waals surface area contributed by atoms with Crippen molar-refractivity contribution in [2.45, 2.75) is 12.8 Å². The summed E-state index contributed by atoms with van der Waals surface area (Å²) in [6, 6.07) is 14.4. The Morgan fingerprint density at radius 3 is 2.64 bits per heavy atom. The van der Waals surface area contributed by atoms with Gasteiger partial charge in [0.1, 0.15) is 5.56 Å². The van der Waals surface area contributed by atoms with Crippen molar-refractivity contribution in [1.82, 2.24) is 10.3 Å². The van der Waals surface area contributed by atoms with Gasteiger partial charge >= 0.3 is 0 Å². The second kappa shape index (κ2) is 7.72. The van der Waals surface area contributed by atoms with E-state index in [2.05, 4.69) is 10.3 Å². The zero-order valence-corrected chi connectivity index (χ0v) is 14.8. The molecule has 6 heteroatoms. The monoisotopic (exact) mass is 374 g/mol. The number of carbonyl (C=O) groups excluding carboxylic acids is 1. The number of amides is 1. The summed E-state index contributed by atoms with van der Waals surface area (Å²) in [7, 11) is 0. The van der Waals surface area contributed by atoms with Crippen LogP contribution >= 0.6 is 23.2 Å². The van der Waals surface area contributed by atoms with Gasteiger partial charge in [-0.1, -0.05) is 47.5 Å². The normalized spacial score (nSPS) is 10.8. The highest BCUT2D eigenvalue weighted by atomic mass is 35.5. The molecule has 4 nitrogen and oxygen atoms in total. The van der Waals surface area contributed by atoms with Crippen LogP contribution in [0, 0.1) is 0 Å². The zero-order chi connectivity index (χ0) is 17.8. The van der Waals surface area contributed by atoms with Gasteiger partial charge in [-0.15, -0.1) is 0 Å². The molecule has 25 heavy (non-hydrogen) atoms. The lowest BCUT2D eigenvalue weighted by Crippen LogP contribution is -2.30. The summed E-state index contributed by atoms with van der Waals surface area (Å²) < 4.78 is 0. The number of rotatable bonds is 5. The minimum atomic E-state index is -0.388. The summed E-state index contributed by atoms with van der Waals surface area (Å²) in [6.45, 7) is 0.464. The first-order valence-corrected chi connectivity index (χ1v) is 8.64. The number of aryl methyl sites for hydroxylation is 1. The minimum absolute atomic E-state index is 0.119. The highest BCUT2D eigenvalue weighted by Gasteiger charge is 2.11. The van der Waals surface area contributed by atoms with Crippen molar-refractivity contribution in [3.8, 4) is 0 Å². The highest BCUT2D eigenvalue weighted by Crippen LogP contribution is 2.23. The van der Waals surface area contributed by atoms with Crippen molar-refractivity contribution in [3.63, 3.8) is 0 Å². The van der Waals surface area contributed by atoms with E-state index in [1.165, 1.54) is 0 Å². The average Bonchev–Trinajstić information content (AvgIpc) is 2.61. The van der Waals surface area contributed by atoms with Crippen molar-refractivity contribution in [2.75, 3.05) is 6.54 Å². The van der Waals surface area contributed by atoms with Crippen LogP contribution < -0.4 is 10.9 Å². The summed E-state index contributed by atoms with van der Waals surface area (Å²) in [4.78, 5) is 27.0. The number of benzene rings is 2. The third-order valence-corrected chi connectivity index (χ3v) is 4.65. The lowest BCUT2D eigenvalue weighted by molar-refractivity contribution is 0.0952. The topological polar surface area (TPSA) is 62.0 Å². The maximum absolute atomic E-state index is 12.2. The summed E-state index contributed by atoms with van der Waals surface area (Å²) in [5.74, 6) is -0.374. The Hall–Kier alpha value is -2.30. The largest absolute Gasteiger partial charge is 0.352 e. The fourth-order valence-corrected chi connectivity index (χ4v) is 2.92. The fraction of sp³-hybridized carbons (Fsp3) is 0.158. The van der Waals surface area contributed by atoms with Gasteiger partial charge in [0.25, 0.3) is 11.5 Å². The van der Waals surface area contributed by atoms with Crippen LogP contribution in [0.4, 0.5) is 0 Å². The van der Waals surface area contributed by atoms with Gasteiger partial charge in [0.15, 0.2) is 0 Å². The van der Waals surface area contributed by atoms with Gasteiger partial charge in [0.2, 0.25) is 0 Å². The molecule has 3 rings (SSSR count). The number of halogens is 2. The molecule has 128 valence electrons. The zero-order valence-electron chi connectivity index (χ0n) is 13.3. The van der Waals surface area contributed by atoms with E-state index in [1.54, 1.807) is 18.2 Å². The van der Waals surface area contributed by atoms with Crippen LogP contribution in [-0.4, -0.2) is 17.4 Å². The van der Waals surface area contributed by atoms with Crippen LogP contribution in [0.3, 0.4) is 0 Å². The minimum Gasteiger partial charge on any atom is -0.352 e. The Morgan fingerprint density at radius 1 is 1.04 bits per heavy atom. The Balaban J connectivity index is 1.60. The van der Waals surface area contributed by atoms with Gasteiger partial charge in [-0.25, -0.2) is 0 Å². The van der Waals surface area contributed by atoms with Crippen LogP contribution in [0.15, 0.2) is 53.3 Å². The number of aromatic amines is 1. The lowest BCUT2D eigenvalue weighted by atomic mass is 10.1. The smallest absolute Gasteiger partial charge is 0.261 e. The second-order valence-corrected chi connectivity index (χ2v) is 6.52. The SMILES string of the molecule is O=C(NCCCc1ccc(Cl)c(Cl)c1)c1cc2ccccc2[nH]c1=O. The number of H-pyrrole nitrogens is 1. The number of para-hydroxylation sites is 1. The molecule has 0 saturated heterocycles. The predicted molar refractivity (Wildman–Crippen MR) is 102 cm³/mol. The Kier molecular flexibility index (Phi) is 5.41. The maximum atomic E-state index is 12.2. The highest BCUT2D eigenvalue weighted by molar-refractivity contribution is 6.42. The molecule has 0 aliphatic rings. The van der Waals surface area contributed by atoms with E-state index in [0.717, 1.165) is 23.8 Å².